The molecule has 1 fully saturated rings. The van der Waals surface area contributed by atoms with E-state index in [1.54, 1.807) is 0 Å². The summed E-state index contributed by atoms with van der Waals surface area (Å²) in [6.07, 6.45) is 0.0428. The molecule has 0 unspecified atom stereocenters. The van der Waals surface area contributed by atoms with Crippen LogP contribution in [0.2, 0.25) is 0 Å². The number of hydrogen-bond acceptors (Lipinski definition) is 6. The molecule has 4 atom stereocenters. The van der Waals surface area contributed by atoms with Gasteiger partial charge in [0.05, 0.1) is 19.3 Å². The lowest BCUT2D eigenvalue weighted by Crippen LogP contribution is -2.51. The highest BCUT2D eigenvalue weighted by Crippen LogP contribution is 2.48. The second-order valence-electron chi connectivity index (χ2n) is 5.44. The first-order valence-corrected chi connectivity index (χ1v) is 6.38. The molecule has 2 aromatic rings. The van der Waals surface area contributed by atoms with E-state index in [2.05, 4.69) is 15.0 Å². The number of aliphatic hydroxyl groups excluding tert-OH is 1. The van der Waals surface area contributed by atoms with Gasteiger partial charge in [0.15, 0.2) is 23.1 Å². The molecule has 9 heteroatoms. The van der Waals surface area contributed by atoms with Crippen LogP contribution < -0.4 is 5.56 Å². The van der Waals surface area contributed by atoms with Gasteiger partial charge in [-0.05, 0) is 13.8 Å². The van der Waals surface area contributed by atoms with Crippen LogP contribution in [0.3, 0.4) is 0 Å². The van der Waals surface area contributed by atoms with E-state index >= 15 is 4.39 Å². The van der Waals surface area contributed by atoms with E-state index in [4.69, 9.17) is 4.74 Å². The van der Waals surface area contributed by atoms with Crippen molar-refractivity contribution in [1.29, 1.82) is 0 Å². The van der Waals surface area contributed by atoms with Gasteiger partial charge in [0, 0.05) is 0 Å². The molecule has 2 aromatic heterocycles. The molecule has 1 aliphatic rings. The van der Waals surface area contributed by atoms with Crippen LogP contribution in [-0.2, 0) is 4.74 Å². The van der Waals surface area contributed by atoms with Gasteiger partial charge in [-0.3, -0.25) is 9.36 Å². The lowest BCUT2D eigenvalue weighted by molar-refractivity contribution is -0.0891. The summed E-state index contributed by atoms with van der Waals surface area (Å²) in [6, 6.07) is 0. The molecule has 0 radical (unpaired) electrons. The third-order valence-electron chi connectivity index (χ3n) is 4.16. The SMILES string of the molecule is C[C@]1(O)[C@@H](CO)O[C@H](n2cnc3c(=O)[nH]cnc32)[C@@]1(C)F. The first-order valence-electron chi connectivity index (χ1n) is 6.38. The summed E-state index contributed by atoms with van der Waals surface area (Å²) in [6.45, 7) is 1.89. The molecular weight excluding hydrogens is 283 g/mol. The maximum absolute atomic E-state index is 15.0. The minimum atomic E-state index is -2.21. The van der Waals surface area contributed by atoms with Gasteiger partial charge in [-0.1, -0.05) is 0 Å². The Balaban J connectivity index is 2.15. The van der Waals surface area contributed by atoms with Crippen molar-refractivity contribution in [3.63, 3.8) is 0 Å². The van der Waals surface area contributed by atoms with Gasteiger partial charge in [0.2, 0.25) is 0 Å². The minimum absolute atomic E-state index is 0.0454. The number of ether oxygens (including phenoxy) is 1. The summed E-state index contributed by atoms with van der Waals surface area (Å²) in [5, 5.41) is 19.6. The van der Waals surface area contributed by atoms with E-state index in [1.807, 2.05) is 0 Å². The fourth-order valence-electron chi connectivity index (χ4n) is 2.56. The smallest absolute Gasteiger partial charge is 0.278 e. The summed E-state index contributed by atoms with van der Waals surface area (Å²) < 4.78 is 21.7. The molecule has 0 amide bonds. The number of halogens is 1. The fraction of sp³-hybridized carbons (Fsp3) is 0.583. The molecule has 3 heterocycles. The lowest BCUT2D eigenvalue weighted by Gasteiger charge is -2.32. The topological polar surface area (TPSA) is 113 Å². The Morgan fingerprint density at radius 3 is 2.86 bits per heavy atom. The number of H-pyrrole nitrogens is 1. The molecule has 114 valence electrons. The Hall–Kier alpha value is -1.84. The molecule has 0 saturated carbocycles. The summed E-state index contributed by atoms with van der Waals surface area (Å²) in [5.74, 6) is 0. The van der Waals surface area contributed by atoms with Crippen molar-refractivity contribution in [3.8, 4) is 0 Å². The van der Waals surface area contributed by atoms with Crippen molar-refractivity contribution in [3.05, 3.63) is 23.0 Å². The summed E-state index contributed by atoms with van der Waals surface area (Å²) in [7, 11) is 0. The molecule has 21 heavy (non-hydrogen) atoms. The van der Waals surface area contributed by atoms with E-state index in [-0.39, 0.29) is 11.2 Å². The number of nitrogens with one attached hydrogen (secondary N) is 1. The Kier molecular flexibility index (Phi) is 2.91. The van der Waals surface area contributed by atoms with Crippen molar-refractivity contribution in [2.45, 2.75) is 37.4 Å². The van der Waals surface area contributed by atoms with Gasteiger partial charge in [0.1, 0.15) is 11.7 Å². The van der Waals surface area contributed by atoms with Crippen LogP contribution in [0, 0.1) is 0 Å². The van der Waals surface area contributed by atoms with Crippen molar-refractivity contribution >= 4 is 11.2 Å². The lowest BCUT2D eigenvalue weighted by atomic mass is 9.85. The number of aliphatic hydroxyl groups is 2. The third-order valence-corrected chi connectivity index (χ3v) is 4.16. The zero-order chi connectivity index (χ0) is 15.4. The zero-order valence-electron chi connectivity index (χ0n) is 11.4. The number of alkyl halides is 1. The van der Waals surface area contributed by atoms with Crippen LogP contribution >= 0.6 is 0 Å². The average molecular weight is 298 g/mol. The molecule has 0 aliphatic carbocycles. The second kappa shape index (κ2) is 4.33. The number of hydrogen-bond donors (Lipinski definition) is 3. The monoisotopic (exact) mass is 298 g/mol. The third kappa shape index (κ3) is 1.74. The van der Waals surface area contributed by atoms with Crippen LogP contribution in [0.5, 0.6) is 0 Å². The number of fused-ring (bicyclic) bond motifs is 1. The summed E-state index contributed by atoms with van der Waals surface area (Å²) >= 11 is 0. The van der Waals surface area contributed by atoms with E-state index in [9.17, 15) is 15.0 Å². The quantitative estimate of drug-likeness (QED) is 0.688. The normalized spacial score (nSPS) is 36.4. The Bertz CT molecular complexity index is 738. The number of rotatable bonds is 2. The molecule has 3 N–H and O–H groups in total. The number of aromatic amines is 1. The standard InChI is InChI=1S/C12H15FN4O4/c1-11(13)10(21-6(3-18)12(11,2)20)17-5-16-7-8(17)14-4-15-9(7)19/h4-6,10,18,20H,3H2,1-2H3,(H,14,15,19)/t6-,10+,11-,12+/m1/s1. The minimum Gasteiger partial charge on any atom is -0.394 e. The molecule has 0 bridgehead atoms. The Labute approximate surface area is 118 Å². The van der Waals surface area contributed by atoms with Crippen molar-refractivity contribution in [2.24, 2.45) is 0 Å². The van der Waals surface area contributed by atoms with Gasteiger partial charge in [-0.25, -0.2) is 14.4 Å². The summed E-state index contributed by atoms with van der Waals surface area (Å²) in [4.78, 5) is 21.8. The second-order valence-corrected chi connectivity index (χ2v) is 5.44. The maximum Gasteiger partial charge on any atom is 0.278 e. The first-order chi connectivity index (χ1) is 9.80. The van der Waals surface area contributed by atoms with Crippen LogP contribution in [0.4, 0.5) is 4.39 Å². The van der Waals surface area contributed by atoms with Crippen LogP contribution in [-0.4, -0.2) is 53.7 Å². The maximum atomic E-state index is 15.0. The molecule has 8 nitrogen and oxygen atoms in total. The van der Waals surface area contributed by atoms with Gasteiger partial charge in [-0.2, -0.15) is 0 Å². The van der Waals surface area contributed by atoms with E-state index in [0.29, 0.717) is 0 Å². The van der Waals surface area contributed by atoms with E-state index in [1.165, 1.54) is 31.1 Å². The Morgan fingerprint density at radius 1 is 1.52 bits per heavy atom. The predicted molar refractivity (Wildman–Crippen MR) is 69.3 cm³/mol. The first kappa shape index (κ1) is 14.1. The zero-order valence-corrected chi connectivity index (χ0v) is 11.4. The molecule has 1 aliphatic heterocycles. The predicted octanol–water partition coefficient (Wildman–Crippen LogP) is -0.512. The number of imidazole rings is 1. The molecule has 1 saturated heterocycles. The number of aromatic nitrogens is 4. The highest BCUT2D eigenvalue weighted by molar-refractivity contribution is 5.69. The van der Waals surface area contributed by atoms with Crippen molar-refractivity contribution < 1.29 is 19.3 Å². The molecule has 0 spiro atoms. The van der Waals surface area contributed by atoms with E-state index in [0.717, 1.165) is 0 Å². The van der Waals surface area contributed by atoms with Crippen LogP contribution in [0.25, 0.3) is 11.2 Å². The molecule has 0 aromatic carbocycles. The molecular formula is C12H15FN4O4. The summed E-state index contributed by atoms with van der Waals surface area (Å²) in [5.41, 5.74) is -4.38. The van der Waals surface area contributed by atoms with Crippen LogP contribution in [0.15, 0.2) is 17.4 Å². The fourth-order valence-corrected chi connectivity index (χ4v) is 2.56. The highest BCUT2D eigenvalue weighted by atomic mass is 19.1. The van der Waals surface area contributed by atoms with Crippen LogP contribution in [0.1, 0.15) is 20.1 Å². The van der Waals surface area contributed by atoms with Crippen molar-refractivity contribution in [1.82, 2.24) is 19.5 Å². The largest absolute Gasteiger partial charge is 0.394 e. The van der Waals surface area contributed by atoms with Gasteiger partial charge >= 0.3 is 0 Å². The number of nitrogens with zero attached hydrogens (tertiary/aromatic N) is 3. The molecule has 3 rings (SSSR count). The Morgan fingerprint density at radius 2 is 2.24 bits per heavy atom. The van der Waals surface area contributed by atoms with Gasteiger partial charge in [-0.15, -0.1) is 0 Å². The van der Waals surface area contributed by atoms with E-state index < -0.39 is 35.8 Å². The van der Waals surface area contributed by atoms with Gasteiger partial charge < -0.3 is 19.9 Å². The highest BCUT2D eigenvalue weighted by Gasteiger charge is 2.63. The van der Waals surface area contributed by atoms with Gasteiger partial charge in [0.25, 0.3) is 5.56 Å². The van der Waals surface area contributed by atoms with Crippen molar-refractivity contribution in [2.75, 3.05) is 6.61 Å². The average Bonchev–Trinajstić information content (AvgIpc) is 2.90.